The number of halogens is 1. The van der Waals surface area contributed by atoms with Crippen molar-refractivity contribution >= 4 is 34.9 Å². The fraction of sp³-hybridized carbons (Fsp3) is 0.200. The van der Waals surface area contributed by atoms with Gasteiger partial charge in [0.25, 0.3) is 0 Å². The molecule has 0 atom stereocenters. The topological polar surface area (TPSA) is 63.8 Å². The highest BCUT2D eigenvalue weighted by molar-refractivity contribution is 7.98. The molecular weight excluding hydrogens is 364 g/mol. The van der Waals surface area contributed by atoms with Crippen LogP contribution in [0.25, 0.3) is 0 Å². The number of nitrogens with one attached hydrogen (secondary N) is 1. The first-order valence-electron chi connectivity index (χ1n) is 8.49. The fourth-order valence-electron chi connectivity index (χ4n) is 2.13. The second-order valence-electron chi connectivity index (χ2n) is 5.17. The highest BCUT2D eigenvalue weighted by Crippen LogP contribution is 2.23. The minimum atomic E-state index is 0.486. The zero-order valence-corrected chi connectivity index (χ0v) is 16.5. The number of nitrogens with zero attached hydrogens (tertiary/aromatic N) is 2. The van der Waals surface area contributed by atoms with Crippen molar-refractivity contribution in [3.8, 4) is 0 Å². The van der Waals surface area contributed by atoms with E-state index >= 15 is 0 Å². The summed E-state index contributed by atoms with van der Waals surface area (Å²) in [5, 5.41) is 4.60. The highest BCUT2D eigenvalue weighted by atomic mass is 35.5. The summed E-state index contributed by atoms with van der Waals surface area (Å²) in [6, 6.07) is 17.8. The van der Waals surface area contributed by atoms with Gasteiger partial charge in [-0.1, -0.05) is 79.7 Å². The summed E-state index contributed by atoms with van der Waals surface area (Å²) in [6.45, 7) is 4.53. The lowest BCUT2D eigenvalue weighted by Crippen LogP contribution is -2.06. The van der Waals surface area contributed by atoms with Gasteiger partial charge in [0, 0.05) is 24.1 Å². The summed E-state index contributed by atoms with van der Waals surface area (Å²) < 4.78 is 0. The van der Waals surface area contributed by atoms with Gasteiger partial charge in [-0.05, 0) is 17.7 Å². The number of hydrogen-bond acceptors (Lipinski definition) is 5. The summed E-state index contributed by atoms with van der Waals surface area (Å²) in [6.07, 6.45) is 1.76. The van der Waals surface area contributed by atoms with Gasteiger partial charge < -0.3 is 11.1 Å². The first-order valence-corrected chi connectivity index (χ1v) is 9.85. The van der Waals surface area contributed by atoms with E-state index in [1.165, 1.54) is 5.56 Å². The maximum Gasteiger partial charge on any atom is 0.189 e. The van der Waals surface area contributed by atoms with E-state index < -0.39 is 0 Å². The number of rotatable bonds is 6. The third-order valence-corrected chi connectivity index (χ3v) is 4.69. The second kappa shape index (κ2) is 10.7. The minimum absolute atomic E-state index is 0.486. The van der Waals surface area contributed by atoms with Crippen LogP contribution in [-0.4, -0.2) is 9.97 Å². The van der Waals surface area contributed by atoms with Gasteiger partial charge in [0.05, 0.1) is 10.7 Å². The molecule has 26 heavy (non-hydrogen) atoms. The molecule has 0 fully saturated rings. The van der Waals surface area contributed by atoms with E-state index in [0.717, 1.165) is 17.0 Å². The van der Waals surface area contributed by atoms with Crippen LogP contribution in [0.4, 0.5) is 11.5 Å². The molecule has 3 rings (SSSR count). The Kier molecular flexibility index (Phi) is 8.25. The molecule has 4 nitrogen and oxygen atoms in total. The lowest BCUT2D eigenvalue weighted by atomic mass is 10.2. The predicted molar refractivity (Wildman–Crippen MR) is 113 cm³/mol. The standard InChI is InChI=1S/C18H17ClN4S.C2H6/c19-15-8-4-5-9-16(15)21-10-14-11-22-18(23-17(14)20)24-12-13-6-2-1-3-7-13;1-2/h1-9,11,21H,10,12H2,(H2,20,22,23);1-2H3. The van der Waals surface area contributed by atoms with E-state index in [1.807, 2.05) is 56.3 Å². The van der Waals surface area contributed by atoms with Gasteiger partial charge in [-0.3, -0.25) is 0 Å². The molecule has 0 bridgehead atoms. The molecule has 0 unspecified atom stereocenters. The van der Waals surface area contributed by atoms with Gasteiger partial charge in [0.15, 0.2) is 5.16 Å². The largest absolute Gasteiger partial charge is 0.383 e. The predicted octanol–water partition coefficient (Wildman–Crippen LogP) is 5.64. The molecule has 0 aliphatic carbocycles. The Hall–Kier alpha value is -2.24. The molecule has 0 radical (unpaired) electrons. The molecule has 0 aliphatic rings. The Morgan fingerprint density at radius 3 is 2.42 bits per heavy atom. The smallest absolute Gasteiger partial charge is 0.189 e. The molecule has 3 N–H and O–H groups in total. The summed E-state index contributed by atoms with van der Waals surface area (Å²) in [5.74, 6) is 1.30. The second-order valence-corrected chi connectivity index (χ2v) is 6.52. The summed E-state index contributed by atoms with van der Waals surface area (Å²) >= 11 is 7.70. The molecule has 136 valence electrons. The van der Waals surface area contributed by atoms with Crippen LogP contribution < -0.4 is 11.1 Å². The van der Waals surface area contributed by atoms with E-state index in [0.29, 0.717) is 22.5 Å². The van der Waals surface area contributed by atoms with Gasteiger partial charge in [0.2, 0.25) is 0 Å². The SMILES string of the molecule is CC.Nc1nc(SCc2ccccc2)ncc1CNc1ccccc1Cl. The van der Waals surface area contributed by atoms with Crippen molar-refractivity contribution in [2.45, 2.75) is 31.3 Å². The molecule has 0 saturated heterocycles. The van der Waals surface area contributed by atoms with Crippen LogP contribution in [0, 0.1) is 0 Å². The first-order chi connectivity index (χ1) is 12.7. The average Bonchev–Trinajstić information content (AvgIpc) is 2.69. The monoisotopic (exact) mass is 386 g/mol. The van der Waals surface area contributed by atoms with E-state index in [1.54, 1.807) is 18.0 Å². The van der Waals surface area contributed by atoms with Gasteiger partial charge in [0.1, 0.15) is 5.82 Å². The summed E-state index contributed by atoms with van der Waals surface area (Å²) in [7, 11) is 0. The zero-order valence-electron chi connectivity index (χ0n) is 14.9. The summed E-state index contributed by atoms with van der Waals surface area (Å²) in [5.41, 5.74) is 8.99. The van der Waals surface area contributed by atoms with Gasteiger partial charge in [-0.15, -0.1) is 0 Å². The van der Waals surface area contributed by atoms with E-state index in [9.17, 15) is 0 Å². The lowest BCUT2D eigenvalue weighted by Gasteiger charge is -2.10. The molecular formula is C20H23ClN4S. The molecule has 3 aromatic rings. The number of anilines is 2. The van der Waals surface area contributed by atoms with Crippen molar-refractivity contribution < 1.29 is 0 Å². The Morgan fingerprint density at radius 2 is 1.73 bits per heavy atom. The third-order valence-electron chi connectivity index (χ3n) is 3.43. The van der Waals surface area contributed by atoms with Crippen molar-refractivity contribution in [3.05, 3.63) is 76.9 Å². The van der Waals surface area contributed by atoms with Crippen LogP contribution in [0.3, 0.4) is 0 Å². The maximum absolute atomic E-state index is 6.13. The first kappa shape index (κ1) is 20.1. The van der Waals surface area contributed by atoms with Crippen molar-refractivity contribution in [1.29, 1.82) is 0 Å². The molecule has 2 aromatic carbocycles. The maximum atomic E-state index is 6.13. The fourth-order valence-corrected chi connectivity index (χ4v) is 3.11. The molecule has 0 spiro atoms. The molecule has 0 saturated carbocycles. The third kappa shape index (κ3) is 5.93. The van der Waals surface area contributed by atoms with Crippen molar-refractivity contribution in [1.82, 2.24) is 9.97 Å². The van der Waals surface area contributed by atoms with Crippen LogP contribution in [0.2, 0.25) is 5.02 Å². The highest BCUT2D eigenvalue weighted by Gasteiger charge is 2.06. The number of thioether (sulfide) groups is 1. The Morgan fingerprint density at radius 1 is 1.04 bits per heavy atom. The van der Waals surface area contributed by atoms with Crippen LogP contribution >= 0.6 is 23.4 Å². The Balaban J connectivity index is 0.00000117. The number of nitrogen functional groups attached to an aromatic ring is 1. The van der Waals surface area contributed by atoms with Gasteiger partial charge in [-0.2, -0.15) is 0 Å². The Labute approximate surface area is 164 Å². The van der Waals surface area contributed by atoms with Crippen molar-refractivity contribution in [2.24, 2.45) is 0 Å². The average molecular weight is 387 g/mol. The zero-order chi connectivity index (χ0) is 18.8. The molecule has 0 amide bonds. The number of benzene rings is 2. The number of para-hydroxylation sites is 1. The normalized spacial score (nSPS) is 9.96. The minimum Gasteiger partial charge on any atom is -0.383 e. The van der Waals surface area contributed by atoms with Crippen LogP contribution in [0.5, 0.6) is 0 Å². The number of aromatic nitrogens is 2. The molecule has 1 aromatic heterocycles. The van der Waals surface area contributed by atoms with E-state index in [-0.39, 0.29) is 0 Å². The lowest BCUT2D eigenvalue weighted by molar-refractivity contribution is 0.938. The van der Waals surface area contributed by atoms with Crippen molar-refractivity contribution in [3.63, 3.8) is 0 Å². The van der Waals surface area contributed by atoms with Crippen LogP contribution in [-0.2, 0) is 12.3 Å². The van der Waals surface area contributed by atoms with Crippen LogP contribution in [0.15, 0.2) is 66.0 Å². The quantitative estimate of drug-likeness (QED) is 0.423. The van der Waals surface area contributed by atoms with E-state index in [2.05, 4.69) is 27.4 Å². The van der Waals surface area contributed by atoms with E-state index in [4.69, 9.17) is 17.3 Å². The number of hydrogen-bond donors (Lipinski definition) is 2. The number of nitrogens with two attached hydrogens (primary N) is 1. The molecule has 0 aliphatic heterocycles. The van der Waals surface area contributed by atoms with Gasteiger partial charge in [-0.25, -0.2) is 9.97 Å². The molecule has 1 heterocycles. The van der Waals surface area contributed by atoms with Crippen molar-refractivity contribution in [2.75, 3.05) is 11.1 Å². The van der Waals surface area contributed by atoms with Gasteiger partial charge >= 0.3 is 0 Å². The summed E-state index contributed by atoms with van der Waals surface area (Å²) in [4.78, 5) is 8.77. The molecule has 6 heteroatoms. The Bertz CT molecular complexity index is 812. The van der Waals surface area contributed by atoms with Crippen LogP contribution in [0.1, 0.15) is 25.0 Å².